The van der Waals surface area contributed by atoms with Crippen molar-refractivity contribution in [3.8, 4) is 0 Å². The van der Waals surface area contributed by atoms with Gasteiger partial charge in [-0.2, -0.15) is 4.98 Å². The highest BCUT2D eigenvalue weighted by atomic mass is 32.2. The van der Waals surface area contributed by atoms with Gasteiger partial charge in [-0.3, -0.25) is 10.1 Å². The van der Waals surface area contributed by atoms with E-state index in [9.17, 15) is 18.5 Å². The Morgan fingerprint density at radius 1 is 1.55 bits per heavy atom. The van der Waals surface area contributed by atoms with Crippen LogP contribution in [0.15, 0.2) is 6.20 Å². The summed E-state index contributed by atoms with van der Waals surface area (Å²) >= 11 is 0. The summed E-state index contributed by atoms with van der Waals surface area (Å²) in [6.07, 6.45) is 1.68. The van der Waals surface area contributed by atoms with Crippen LogP contribution in [-0.2, 0) is 9.84 Å². The zero-order chi connectivity index (χ0) is 14.8. The lowest BCUT2D eigenvalue weighted by molar-refractivity contribution is -0.384. The molecule has 2 N–H and O–H groups in total. The van der Waals surface area contributed by atoms with E-state index in [1.807, 2.05) is 0 Å². The van der Waals surface area contributed by atoms with Gasteiger partial charge in [-0.1, -0.05) is 0 Å². The maximum absolute atomic E-state index is 11.4. The Bertz CT molecular complexity index is 618. The number of rotatable bonds is 5. The Morgan fingerprint density at radius 2 is 2.30 bits per heavy atom. The Hall–Kier alpha value is -1.97. The second-order valence-corrected chi connectivity index (χ2v) is 6.81. The highest BCUT2D eigenvalue weighted by Crippen LogP contribution is 2.24. The van der Waals surface area contributed by atoms with Crippen molar-refractivity contribution in [3.63, 3.8) is 0 Å². The van der Waals surface area contributed by atoms with Gasteiger partial charge in [0.1, 0.15) is 6.20 Å². The predicted molar refractivity (Wildman–Crippen MR) is 73.5 cm³/mol. The van der Waals surface area contributed by atoms with E-state index in [1.165, 1.54) is 0 Å². The topological polar surface area (TPSA) is 127 Å². The number of hydrogen-bond acceptors (Lipinski definition) is 8. The maximum atomic E-state index is 11.4. The van der Waals surface area contributed by atoms with Crippen LogP contribution in [0.3, 0.4) is 0 Å². The zero-order valence-corrected chi connectivity index (χ0v) is 11.7. The molecule has 110 valence electrons. The lowest BCUT2D eigenvalue weighted by Crippen LogP contribution is -2.17. The lowest BCUT2D eigenvalue weighted by Gasteiger charge is -2.10. The van der Waals surface area contributed by atoms with Gasteiger partial charge in [-0.05, 0) is 12.3 Å². The van der Waals surface area contributed by atoms with Gasteiger partial charge in [0.05, 0.1) is 16.4 Å². The number of hydrogen-bond donors (Lipinski definition) is 2. The molecule has 2 heterocycles. The smallest absolute Gasteiger partial charge is 0.329 e. The molecule has 0 bridgehead atoms. The largest absolute Gasteiger partial charge is 0.364 e. The minimum Gasteiger partial charge on any atom is -0.364 e. The molecule has 0 saturated carbocycles. The van der Waals surface area contributed by atoms with E-state index >= 15 is 0 Å². The molecule has 1 saturated heterocycles. The molecule has 0 radical (unpaired) electrons. The molecule has 1 aromatic heterocycles. The minimum absolute atomic E-state index is 0.0485. The summed E-state index contributed by atoms with van der Waals surface area (Å²) in [5, 5.41) is 16.4. The summed E-state index contributed by atoms with van der Waals surface area (Å²) in [6.45, 7) is 0.334. The van der Waals surface area contributed by atoms with Crippen LogP contribution in [-0.4, -0.2) is 48.4 Å². The standard InChI is InChI=1S/C10H15N5O4S/c1-11-10-13-5-8(15(16)17)9(14-10)12-4-7-2-3-20(18,19)6-7/h5,7H,2-4,6H2,1H3,(H2,11,12,13,14). The summed E-state index contributed by atoms with van der Waals surface area (Å²) in [6, 6.07) is 0. The fourth-order valence-electron chi connectivity index (χ4n) is 2.03. The molecule has 2 rings (SSSR count). The first-order valence-electron chi connectivity index (χ1n) is 6.05. The number of nitro groups is 1. The first-order valence-corrected chi connectivity index (χ1v) is 7.87. The molecule has 1 aromatic rings. The van der Waals surface area contributed by atoms with Crippen LogP contribution < -0.4 is 10.6 Å². The Morgan fingerprint density at radius 3 is 2.85 bits per heavy atom. The molecule has 10 heteroatoms. The molecule has 1 fully saturated rings. The molecule has 0 spiro atoms. The summed E-state index contributed by atoms with van der Waals surface area (Å²) < 4.78 is 22.7. The average Bonchev–Trinajstić information content (AvgIpc) is 2.75. The highest BCUT2D eigenvalue weighted by Gasteiger charge is 2.28. The SMILES string of the molecule is CNc1ncc([N+](=O)[O-])c(NCC2CCS(=O)(=O)C2)n1. The van der Waals surface area contributed by atoms with E-state index in [-0.39, 0.29) is 34.9 Å². The predicted octanol–water partition coefficient (Wildman–Crippen LogP) is 0.273. The first-order chi connectivity index (χ1) is 9.41. The first kappa shape index (κ1) is 14.4. The van der Waals surface area contributed by atoms with Crippen molar-refractivity contribution >= 4 is 27.3 Å². The van der Waals surface area contributed by atoms with E-state index in [0.29, 0.717) is 13.0 Å². The fraction of sp³-hybridized carbons (Fsp3) is 0.600. The molecule has 1 aliphatic rings. The van der Waals surface area contributed by atoms with Crippen molar-refractivity contribution < 1.29 is 13.3 Å². The van der Waals surface area contributed by atoms with Crippen molar-refractivity contribution in [2.45, 2.75) is 6.42 Å². The van der Waals surface area contributed by atoms with Crippen LogP contribution in [0.5, 0.6) is 0 Å². The zero-order valence-electron chi connectivity index (χ0n) is 10.9. The van der Waals surface area contributed by atoms with Crippen molar-refractivity contribution in [2.75, 3.05) is 35.7 Å². The third-order valence-corrected chi connectivity index (χ3v) is 4.91. The van der Waals surface area contributed by atoms with Crippen molar-refractivity contribution in [1.82, 2.24) is 9.97 Å². The third-order valence-electron chi connectivity index (χ3n) is 3.07. The molecule has 0 amide bonds. The Kier molecular flexibility index (Phi) is 4.02. The van der Waals surface area contributed by atoms with Gasteiger partial charge < -0.3 is 10.6 Å². The van der Waals surface area contributed by atoms with Crippen LogP contribution in [0.4, 0.5) is 17.5 Å². The van der Waals surface area contributed by atoms with E-state index in [1.54, 1.807) is 7.05 Å². The van der Waals surface area contributed by atoms with Crippen LogP contribution in [0, 0.1) is 16.0 Å². The second-order valence-electron chi connectivity index (χ2n) is 4.58. The quantitative estimate of drug-likeness (QED) is 0.586. The molecule has 0 aromatic carbocycles. The van der Waals surface area contributed by atoms with Crippen LogP contribution in [0.25, 0.3) is 0 Å². The number of anilines is 2. The Labute approximate surface area is 115 Å². The summed E-state index contributed by atoms with van der Waals surface area (Å²) in [7, 11) is -1.35. The third kappa shape index (κ3) is 3.32. The minimum atomic E-state index is -2.96. The number of nitrogens with zero attached hydrogens (tertiary/aromatic N) is 3. The van der Waals surface area contributed by atoms with Crippen molar-refractivity contribution in [1.29, 1.82) is 0 Å². The Balaban J connectivity index is 2.10. The number of nitrogens with one attached hydrogen (secondary N) is 2. The van der Waals surface area contributed by atoms with E-state index < -0.39 is 14.8 Å². The van der Waals surface area contributed by atoms with Gasteiger partial charge in [-0.15, -0.1) is 0 Å². The summed E-state index contributed by atoms with van der Waals surface area (Å²) in [5.41, 5.74) is -0.232. The van der Waals surface area contributed by atoms with E-state index in [0.717, 1.165) is 6.20 Å². The van der Waals surface area contributed by atoms with Gasteiger partial charge in [-0.25, -0.2) is 13.4 Å². The molecule has 1 atom stereocenters. The van der Waals surface area contributed by atoms with E-state index in [2.05, 4.69) is 20.6 Å². The molecule has 0 aliphatic carbocycles. The van der Waals surface area contributed by atoms with Gasteiger partial charge >= 0.3 is 5.69 Å². The van der Waals surface area contributed by atoms with Gasteiger partial charge in [0.15, 0.2) is 9.84 Å². The van der Waals surface area contributed by atoms with Crippen LogP contribution in [0.1, 0.15) is 6.42 Å². The van der Waals surface area contributed by atoms with Crippen molar-refractivity contribution in [3.05, 3.63) is 16.3 Å². The molecular weight excluding hydrogens is 286 g/mol. The fourth-order valence-corrected chi connectivity index (χ4v) is 3.90. The summed E-state index contributed by atoms with van der Waals surface area (Å²) in [5.74, 6) is 0.591. The van der Waals surface area contributed by atoms with Crippen LogP contribution in [0.2, 0.25) is 0 Å². The second kappa shape index (κ2) is 5.57. The van der Waals surface area contributed by atoms with Gasteiger partial charge in [0, 0.05) is 13.6 Å². The maximum Gasteiger partial charge on any atom is 0.329 e. The van der Waals surface area contributed by atoms with Gasteiger partial charge in [0.2, 0.25) is 11.8 Å². The van der Waals surface area contributed by atoms with Crippen LogP contribution >= 0.6 is 0 Å². The molecule has 9 nitrogen and oxygen atoms in total. The van der Waals surface area contributed by atoms with E-state index in [4.69, 9.17) is 0 Å². The lowest BCUT2D eigenvalue weighted by atomic mass is 10.1. The molecule has 20 heavy (non-hydrogen) atoms. The molecule has 1 unspecified atom stereocenters. The highest BCUT2D eigenvalue weighted by molar-refractivity contribution is 7.91. The summed E-state index contributed by atoms with van der Waals surface area (Å²) in [4.78, 5) is 18.1. The van der Waals surface area contributed by atoms with Gasteiger partial charge in [0.25, 0.3) is 0 Å². The molecule has 1 aliphatic heterocycles. The monoisotopic (exact) mass is 301 g/mol. The number of aromatic nitrogens is 2. The normalized spacial score (nSPS) is 20.6. The van der Waals surface area contributed by atoms with Crippen molar-refractivity contribution in [2.24, 2.45) is 5.92 Å². The molecular formula is C10H15N5O4S. The average molecular weight is 301 g/mol. The number of sulfone groups is 1.